The van der Waals surface area contributed by atoms with E-state index in [-0.39, 0.29) is 19.6 Å². The number of esters is 2. The fraction of sp³-hybridized carbons (Fsp3) is 0.625. The van der Waals surface area contributed by atoms with Crippen LogP contribution in [-0.2, 0) is 35.1 Å². The van der Waals surface area contributed by atoms with E-state index >= 15 is 4.39 Å². The van der Waals surface area contributed by atoms with E-state index in [2.05, 4.69) is 4.98 Å². The van der Waals surface area contributed by atoms with Crippen LogP contribution in [0, 0.1) is 0 Å². The molecular weight excluding hydrogens is 367 g/mol. The molecule has 1 aliphatic heterocycles. The Morgan fingerprint density at radius 3 is 2.56 bits per heavy atom. The minimum Gasteiger partial charge on any atom is -0.456 e. The van der Waals surface area contributed by atoms with Gasteiger partial charge in [0.25, 0.3) is 5.56 Å². The monoisotopic (exact) mass is 388 g/mol. The van der Waals surface area contributed by atoms with Gasteiger partial charge in [0.1, 0.15) is 0 Å². The second-order valence-electron chi connectivity index (χ2n) is 6.06. The van der Waals surface area contributed by atoms with E-state index in [4.69, 9.17) is 18.9 Å². The summed E-state index contributed by atoms with van der Waals surface area (Å²) < 4.78 is 37.5. The van der Waals surface area contributed by atoms with Crippen LogP contribution in [0.3, 0.4) is 0 Å². The Morgan fingerprint density at radius 1 is 1.33 bits per heavy atom. The quantitative estimate of drug-likeness (QED) is 0.647. The molecule has 0 unspecified atom stereocenters. The molecule has 4 atom stereocenters. The van der Waals surface area contributed by atoms with Crippen LogP contribution in [-0.4, -0.2) is 59.4 Å². The SMILES string of the molecule is CO[C@@H]1OC[C@@H](OC(C)=O)[C@@H](OC(C)=O)[C@]1(F)CCn1ccc(=O)[nH]c1=O. The number of carbonyl (C=O) groups excluding carboxylic acids is 2. The van der Waals surface area contributed by atoms with Crippen LogP contribution in [0.4, 0.5) is 4.39 Å². The van der Waals surface area contributed by atoms with Gasteiger partial charge in [-0.2, -0.15) is 0 Å². The van der Waals surface area contributed by atoms with Crippen molar-refractivity contribution in [2.75, 3.05) is 13.7 Å². The highest BCUT2D eigenvalue weighted by Gasteiger charge is 2.57. The average molecular weight is 388 g/mol. The number of H-pyrrole nitrogens is 1. The molecule has 1 saturated heterocycles. The highest BCUT2D eigenvalue weighted by molar-refractivity contribution is 5.67. The van der Waals surface area contributed by atoms with E-state index < -0.39 is 47.4 Å². The summed E-state index contributed by atoms with van der Waals surface area (Å²) in [6.07, 6.45) is -3.29. The number of halogens is 1. The summed E-state index contributed by atoms with van der Waals surface area (Å²) in [6, 6.07) is 1.11. The third kappa shape index (κ3) is 4.80. The molecule has 27 heavy (non-hydrogen) atoms. The van der Waals surface area contributed by atoms with E-state index in [1.165, 1.54) is 13.3 Å². The van der Waals surface area contributed by atoms with Gasteiger partial charge in [-0.25, -0.2) is 9.18 Å². The van der Waals surface area contributed by atoms with Crippen LogP contribution >= 0.6 is 0 Å². The zero-order valence-electron chi connectivity index (χ0n) is 15.1. The molecule has 1 N–H and O–H groups in total. The maximum atomic E-state index is 16.0. The van der Waals surface area contributed by atoms with Gasteiger partial charge >= 0.3 is 17.6 Å². The topological polar surface area (TPSA) is 126 Å². The average Bonchev–Trinajstić information content (AvgIpc) is 2.57. The van der Waals surface area contributed by atoms with Crippen molar-refractivity contribution in [1.82, 2.24) is 9.55 Å². The van der Waals surface area contributed by atoms with E-state index in [9.17, 15) is 19.2 Å². The molecular formula is C16H21FN2O8. The zero-order chi connectivity index (χ0) is 20.2. The molecule has 150 valence electrons. The Bertz CT molecular complexity index is 806. The predicted octanol–water partition coefficient (Wildman–Crippen LogP) is -0.499. The van der Waals surface area contributed by atoms with Gasteiger partial charge in [-0.1, -0.05) is 0 Å². The van der Waals surface area contributed by atoms with Crippen molar-refractivity contribution in [2.45, 2.75) is 51.0 Å². The summed E-state index contributed by atoms with van der Waals surface area (Å²) in [5.74, 6) is -1.48. The van der Waals surface area contributed by atoms with Crippen LogP contribution in [0.5, 0.6) is 0 Å². The number of aryl methyl sites for hydroxylation is 1. The molecule has 1 aliphatic rings. The van der Waals surface area contributed by atoms with Crippen molar-refractivity contribution in [3.05, 3.63) is 33.1 Å². The lowest BCUT2D eigenvalue weighted by atomic mass is 9.87. The highest BCUT2D eigenvalue weighted by atomic mass is 19.1. The van der Waals surface area contributed by atoms with Crippen LogP contribution in [0.1, 0.15) is 20.3 Å². The third-order valence-corrected chi connectivity index (χ3v) is 4.07. The smallest absolute Gasteiger partial charge is 0.328 e. The molecule has 0 spiro atoms. The van der Waals surface area contributed by atoms with Crippen molar-refractivity contribution in [3.63, 3.8) is 0 Å². The first-order chi connectivity index (χ1) is 12.7. The van der Waals surface area contributed by atoms with E-state index in [0.29, 0.717) is 0 Å². The number of ether oxygens (including phenoxy) is 4. The molecule has 0 aliphatic carbocycles. The van der Waals surface area contributed by atoms with Crippen molar-refractivity contribution < 1.29 is 32.9 Å². The maximum absolute atomic E-state index is 16.0. The summed E-state index contributed by atoms with van der Waals surface area (Å²) in [5, 5.41) is 0. The fourth-order valence-corrected chi connectivity index (χ4v) is 2.95. The molecule has 0 aromatic carbocycles. The second-order valence-corrected chi connectivity index (χ2v) is 6.06. The van der Waals surface area contributed by atoms with Crippen molar-refractivity contribution in [2.24, 2.45) is 0 Å². The number of nitrogens with zero attached hydrogens (tertiary/aromatic N) is 1. The summed E-state index contributed by atoms with van der Waals surface area (Å²) in [4.78, 5) is 47.8. The first kappa shape index (κ1) is 20.8. The number of hydrogen-bond acceptors (Lipinski definition) is 8. The lowest BCUT2D eigenvalue weighted by Gasteiger charge is -2.44. The van der Waals surface area contributed by atoms with Crippen LogP contribution in [0.2, 0.25) is 0 Å². The molecule has 0 amide bonds. The van der Waals surface area contributed by atoms with Gasteiger partial charge in [0, 0.05) is 46.2 Å². The number of rotatable bonds is 6. The van der Waals surface area contributed by atoms with Gasteiger partial charge in [0.05, 0.1) is 6.61 Å². The third-order valence-electron chi connectivity index (χ3n) is 4.07. The Kier molecular flexibility index (Phi) is 6.50. The van der Waals surface area contributed by atoms with Crippen molar-refractivity contribution in [1.29, 1.82) is 0 Å². The zero-order valence-corrected chi connectivity index (χ0v) is 15.1. The molecule has 1 aromatic rings. The Morgan fingerprint density at radius 2 is 2.00 bits per heavy atom. The normalized spacial score (nSPS) is 27.8. The Balaban J connectivity index is 2.33. The van der Waals surface area contributed by atoms with Crippen LogP contribution in [0.15, 0.2) is 21.9 Å². The summed E-state index contributed by atoms with van der Waals surface area (Å²) in [5.41, 5.74) is -3.74. The van der Waals surface area contributed by atoms with Crippen molar-refractivity contribution in [3.8, 4) is 0 Å². The Hall–Kier alpha value is -2.53. The molecule has 1 fully saturated rings. The first-order valence-corrected chi connectivity index (χ1v) is 8.15. The lowest BCUT2D eigenvalue weighted by Crippen LogP contribution is -2.63. The minimum atomic E-state index is -2.42. The molecule has 0 saturated carbocycles. The minimum absolute atomic E-state index is 0.181. The summed E-state index contributed by atoms with van der Waals surface area (Å²) in [6.45, 7) is 1.81. The van der Waals surface area contributed by atoms with Gasteiger partial charge in [0.2, 0.25) is 5.67 Å². The molecule has 1 aromatic heterocycles. The second kappa shape index (κ2) is 8.44. The number of nitrogens with one attached hydrogen (secondary N) is 1. The molecule has 2 rings (SSSR count). The largest absolute Gasteiger partial charge is 0.456 e. The molecule has 2 heterocycles. The van der Waals surface area contributed by atoms with Gasteiger partial charge < -0.3 is 23.5 Å². The van der Waals surface area contributed by atoms with Crippen LogP contribution in [0.25, 0.3) is 0 Å². The molecule has 11 heteroatoms. The first-order valence-electron chi connectivity index (χ1n) is 8.15. The molecule has 0 bridgehead atoms. The van der Waals surface area contributed by atoms with Crippen LogP contribution < -0.4 is 11.2 Å². The fourth-order valence-electron chi connectivity index (χ4n) is 2.95. The van der Waals surface area contributed by atoms with E-state index in [1.807, 2.05) is 0 Å². The number of alkyl halides is 1. The number of hydrogen-bond donors (Lipinski definition) is 1. The molecule has 0 radical (unpaired) electrons. The Labute approximate surface area is 153 Å². The van der Waals surface area contributed by atoms with Gasteiger partial charge in [-0.15, -0.1) is 0 Å². The van der Waals surface area contributed by atoms with Gasteiger partial charge in [-0.05, 0) is 0 Å². The maximum Gasteiger partial charge on any atom is 0.328 e. The summed E-state index contributed by atoms with van der Waals surface area (Å²) in [7, 11) is 1.21. The lowest BCUT2D eigenvalue weighted by molar-refractivity contribution is -0.293. The van der Waals surface area contributed by atoms with Gasteiger partial charge in [0.15, 0.2) is 18.5 Å². The predicted molar refractivity (Wildman–Crippen MR) is 87.6 cm³/mol. The van der Waals surface area contributed by atoms with Gasteiger partial charge in [-0.3, -0.25) is 19.4 Å². The number of aromatic amines is 1. The van der Waals surface area contributed by atoms with E-state index in [0.717, 1.165) is 24.5 Å². The van der Waals surface area contributed by atoms with Crippen molar-refractivity contribution >= 4 is 11.9 Å². The highest BCUT2D eigenvalue weighted by Crippen LogP contribution is 2.37. The van der Waals surface area contributed by atoms with E-state index in [1.54, 1.807) is 0 Å². The number of aromatic nitrogens is 2. The standard InChI is InChI=1S/C16H21FN2O8/c1-9(20)26-11-8-25-14(24-3)16(17,13(11)27-10(2)21)5-7-19-6-4-12(22)18-15(19)23/h4,6,11,13-14H,5,7-8H2,1-3H3,(H,18,22,23)/t11-,13-,14-,16-/m1/s1. The number of methoxy groups -OCH3 is 1. The summed E-state index contributed by atoms with van der Waals surface area (Å²) >= 11 is 0. The molecule has 10 nitrogen and oxygen atoms in total. The number of carbonyl (C=O) groups is 2.